The van der Waals surface area contributed by atoms with Crippen molar-refractivity contribution in [1.82, 2.24) is 5.32 Å². The molecular weight excluding hydrogens is 316 g/mol. The summed E-state index contributed by atoms with van der Waals surface area (Å²) in [5.41, 5.74) is 7.55. The second-order valence-electron chi connectivity index (χ2n) is 6.05. The molecule has 0 aromatic heterocycles. The molecule has 0 bridgehead atoms. The molecule has 2 rings (SSSR count). The quantitative estimate of drug-likeness (QED) is 0.696. The van der Waals surface area contributed by atoms with Crippen LogP contribution in [0, 0.1) is 0 Å². The van der Waals surface area contributed by atoms with Crippen molar-refractivity contribution in [3.8, 4) is 11.5 Å². The van der Waals surface area contributed by atoms with Crippen LogP contribution in [0.3, 0.4) is 0 Å². The first-order valence-electron chi connectivity index (χ1n) is 8.44. The highest BCUT2D eigenvalue weighted by Gasteiger charge is 2.08. The van der Waals surface area contributed by atoms with Crippen LogP contribution in [0.15, 0.2) is 48.5 Å². The summed E-state index contributed by atoms with van der Waals surface area (Å²) in [4.78, 5) is 10.8. The van der Waals surface area contributed by atoms with E-state index in [1.807, 2.05) is 18.2 Å². The van der Waals surface area contributed by atoms with E-state index in [4.69, 9.17) is 15.2 Å². The van der Waals surface area contributed by atoms with Crippen molar-refractivity contribution >= 4 is 5.91 Å². The van der Waals surface area contributed by atoms with Crippen LogP contribution < -0.4 is 20.5 Å². The molecule has 2 aromatic carbocycles. The Morgan fingerprint density at radius 1 is 1.12 bits per heavy atom. The summed E-state index contributed by atoms with van der Waals surface area (Å²) in [7, 11) is 1.58. The number of carbonyl (C=O) groups excluding carboxylic acids is 1. The average molecular weight is 342 g/mol. The Hall–Kier alpha value is -2.53. The molecule has 0 fully saturated rings. The first-order chi connectivity index (χ1) is 12.1. The normalized spacial score (nSPS) is 11.8. The number of nitrogens with one attached hydrogen (secondary N) is 1. The largest absolute Gasteiger partial charge is 0.493 e. The summed E-state index contributed by atoms with van der Waals surface area (Å²) < 4.78 is 10.7. The molecule has 5 nitrogen and oxygen atoms in total. The van der Waals surface area contributed by atoms with Gasteiger partial charge in [0.2, 0.25) is 0 Å². The topological polar surface area (TPSA) is 73.6 Å². The zero-order valence-corrected chi connectivity index (χ0v) is 14.8. The zero-order chi connectivity index (χ0) is 18.1. The molecule has 0 saturated carbocycles. The molecule has 0 radical (unpaired) electrons. The molecular formula is C20H26N2O3. The Balaban J connectivity index is 1.84. The number of benzene rings is 2. The number of rotatable bonds is 10. The van der Waals surface area contributed by atoms with Crippen LogP contribution in [0.2, 0.25) is 0 Å². The van der Waals surface area contributed by atoms with Gasteiger partial charge in [-0.05, 0) is 43.0 Å². The van der Waals surface area contributed by atoms with Crippen molar-refractivity contribution in [2.24, 2.45) is 5.73 Å². The summed E-state index contributed by atoms with van der Waals surface area (Å²) in [5.74, 6) is 0.597. The van der Waals surface area contributed by atoms with Gasteiger partial charge in [0.15, 0.2) is 18.1 Å². The van der Waals surface area contributed by atoms with E-state index in [1.165, 1.54) is 5.56 Å². The van der Waals surface area contributed by atoms with Gasteiger partial charge in [-0.1, -0.05) is 36.4 Å². The summed E-state index contributed by atoms with van der Waals surface area (Å²) in [5, 5.41) is 3.52. The van der Waals surface area contributed by atoms with Gasteiger partial charge in [-0.25, -0.2) is 0 Å². The van der Waals surface area contributed by atoms with Crippen LogP contribution in [0.4, 0.5) is 0 Å². The third-order valence-electron chi connectivity index (χ3n) is 3.96. The summed E-state index contributed by atoms with van der Waals surface area (Å²) >= 11 is 0. The molecule has 2 aromatic rings. The summed E-state index contributed by atoms with van der Waals surface area (Å²) in [6.07, 6.45) is 2.12. The van der Waals surface area contributed by atoms with Crippen molar-refractivity contribution in [2.75, 3.05) is 13.7 Å². The molecule has 25 heavy (non-hydrogen) atoms. The molecule has 5 heteroatoms. The Morgan fingerprint density at radius 3 is 2.56 bits per heavy atom. The lowest BCUT2D eigenvalue weighted by Crippen LogP contribution is -2.26. The highest BCUT2D eigenvalue weighted by atomic mass is 16.5. The van der Waals surface area contributed by atoms with Gasteiger partial charge in [0.1, 0.15) is 0 Å². The fourth-order valence-electron chi connectivity index (χ4n) is 2.51. The molecule has 0 aliphatic carbocycles. The molecule has 134 valence electrons. The SMILES string of the molecule is COc1cc(CN[C@H](C)CCc2ccccc2)ccc1OCC(N)=O. The van der Waals surface area contributed by atoms with Crippen molar-refractivity contribution < 1.29 is 14.3 Å². The number of amides is 1. The third-order valence-corrected chi connectivity index (χ3v) is 3.96. The predicted octanol–water partition coefficient (Wildman–Crippen LogP) is 2.67. The highest BCUT2D eigenvalue weighted by Crippen LogP contribution is 2.28. The number of carbonyl (C=O) groups is 1. The van der Waals surface area contributed by atoms with Gasteiger partial charge in [0.25, 0.3) is 5.91 Å². The number of aryl methyl sites for hydroxylation is 1. The van der Waals surface area contributed by atoms with E-state index < -0.39 is 5.91 Å². The Bertz CT molecular complexity index is 674. The monoisotopic (exact) mass is 342 g/mol. The molecule has 1 atom stereocenters. The van der Waals surface area contributed by atoms with Crippen molar-refractivity contribution in [3.05, 3.63) is 59.7 Å². The van der Waals surface area contributed by atoms with E-state index in [0.717, 1.165) is 24.9 Å². The summed E-state index contributed by atoms with van der Waals surface area (Å²) in [6.45, 7) is 2.76. The van der Waals surface area contributed by atoms with Gasteiger partial charge in [0, 0.05) is 12.6 Å². The molecule has 1 amide bonds. The molecule has 0 aliphatic heterocycles. The van der Waals surface area contributed by atoms with E-state index in [2.05, 4.69) is 36.5 Å². The first-order valence-corrected chi connectivity index (χ1v) is 8.44. The minimum absolute atomic E-state index is 0.162. The number of hydrogen-bond donors (Lipinski definition) is 2. The number of methoxy groups -OCH3 is 1. The Labute approximate surface area is 149 Å². The number of ether oxygens (including phenoxy) is 2. The van der Waals surface area contributed by atoms with E-state index in [1.54, 1.807) is 13.2 Å². The molecule has 0 spiro atoms. The fourth-order valence-corrected chi connectivity index (χ4v) is 2.51. The van der Waals surface area contributed by atoms with Gasteiger partial charge >= 0.3 is 0 Å². The lowest BCUT2D eigenvalue weighted by atomic mass is 10.1. The molecule has 0 saturated heterocycles. The van der Waals surface area contributed by atoms with Crippen molar-refractivity contribution in [2.45, 2.75) is 32.4 Å². The number of primary amides is 1. The maximum atomic E-state index is 10.8. The van der Waals surface area contributed by atoms with Crippen LogP contribution in [0.25, 0.3) is 0 Å². The standard InChI is InChI=1S/C20H26N2O3/c1-15(8-9-16-6-4-3-5-7-16)22-13-17-10-11-18(19(12-17)24-2)25-14-20(21)23/h3-7,10-12,15,22H,8-9,13-14H2,1-2H3,(H2,21,23)/t15-/m1/s1. The van der Waals surface area contributed by atoms with E-state index >= 15 is 0 Å². The molecule has 3 N–H and O–H groups in total. The molecule has 0 heterocycles. The van der Waals surface area contributed by atoms with Crippen LogP contribution in [-0.4, -0.2) is 25.7 Å². The second kappa shape index (κ2) is 9.69. The maximum absolute atomic E-state index is 10.8. The summed E-state index contributed by atoms with van der Waals surface area (Å²) in [6, 6.07) is 16.6. The van der Waals surface area contributed by atoms with E-state index in [0.29, 0.717) is 17.5 Å². The van der Waals surface area contributed by atoms with Gasteiger partial charge in [-0.3, -0.25) is 4.79 Å². The maximum Gasteiger partial charge on any atom is 0.255 e. The van der Waals surface area contributed by atoms with E-state index in [-0.39, 0.29) is 6.61 Å². The number of nitrogens with two attached hydrogens (primary N) is 1. The molecule has 0 aliphatic rings. The number of hydrogen-bond acceptors (Lipinski definition) is 4. The van der Waals surface area contributed by atoms with Gasteiger partial charge < -0.3 is 20.5 Å². The van der Waals surface area contributed by atoms with Crippen LogP contribution >= 0.6 is 0 Å². The third kappa shape index (κ3) is 6.47. The zero-order valence-electron chi connectivity index (χ0n) is 14.8. The van der Waals surface area contributed by atoms with Crippen molar-refractivity contribution in [1.29, 1.82) is 0 Å². The second-order valence-corrected chi connectivity index (χ2v) is 6.05. The molecule has 0 unspecified atom stereocenters. The predicted molar refractivity (Wildman–Crippen MR) is 98.7 cm³/mol. The smallest absolute Gasteiger partial charge is 0.255 e. The minimum atomic E-state index is -0.514. The van der Waals surface area contributed by atoms with Gasteiger partial charge in [0.05, 0.1) is 7.11 Å². The highest BCUT2D eigenvalue weighted by molar-refractivity contribution is 5.75. The lowest BCUT2D eigenvalue weighted by molar-refractivity contribution is -0.119. The Morgan fingerprint density at radius 2 is 1.88 bits per heavy atom. The van der Waals surface area contributed by atoms with Crippen molar-refractivity contribution in [3.63, 3.8) is 0 Å². The Kier molecular flexibility index (Phi) is 7.29. The fraction of sp³-hybridized carbons (Fsp3) is 0.350. The average Bonchev–Trinajstić information content (AvgIpc) is 2.64. The van der Waals surface area contributed by atoms with Crippen LogP contribution in [0.1, 0.15) is 24.5 Å². The van der Waals surface area contributed by atoms with Gasteiger partial charge in [-0.15, -0.1) is 0 Å². The van der Waals surface area contributed by atoms with Crippen LogP contribution in [0.5, 0.6) is 11.5 Å². The lowest BCUT2D eigenvalue weighted by Gasteiger charge is -2.15. The minimum Gasteiger partial charge on any atom is -0.493 e. The van der Waals surface area contributed by atoms with Crippen LogP contribution in [-0.2, 0) is 17.8 Å². The van der Waals surface area contributed by atoms with Gasteiger partial charge in [-0.2, -0.15) is 0 Å². The van der Waals surface area contributed by atoms with E-state index in [9.17, 15) is 4.79 Å². The first kappa shape index (κ1) is 18.8.